The van der Waals surface area contributed by atoms with E-state index >= 15 is 0 Å². The number of amides is 3. The average Bonchev–Trinajstić information content (AvgIpc) is 3.54. The predicted molar refractivity (Wildman–Crippen MR) is 208 cm³/mol. The molecule has 0 saturated heterocycles. The number of carbonyl (C=O) groups is 3. The lowest BCUT2D eigenvalue weighted by Crippen LogP contribution is -2.49. The molecule has 0 saturated carbocycles. The molecule has 2 aromatic carbocycles. The minimum Gasteiger partial charge on any atom is -0.491 e. The Bertz CT molecular complexity index is 1440. The molecule has 296 valence electrons. The molecule has 2 aromatic rings. The average molecular weight is 740 g/mol. The van der Waals surface area contributed by atoms with Gasteiger partial charge in [0.15, 0.2) is 0 Å². The summed E-state index contributed by atoms with van der Waals surface area (Å²) in [6.07, 6.45) is 2.50. The van der Waals surface area contributed by atoms with Crippen molar-refractivity contribution in [1.29, 1.82) is 0 Å². The molecule has 53 heavy (non-hydrogen) atoms. The summed E-state index contributed by atoms with van der Waals surface area (Å²) in [6, 6.07) is 12.5. The van der Waals surface area contributed by atoms with Gasteiger partial charge in [-0.3, -0.25) is 9.59 Å². The lowest BCUT2D eigenvalue weighted by molar-refractivity contribution is -0.129. The predicted octanol–water partition coefficient (Wildman–Crippen LogP) is 7.00. The van der Waals surface area contributed by atoms with Crippen molar-refractivity contribution >= 4 is 23.6 Å². The Hall–Kier alpha value is -3.67. The van der Waals surface area contributed by atoms with E-state index in [0.29, 0.717) is 31.1 Å². The fraction of sp³-hybridized carbons (Fsp3) is 0.643. The highest BCUT2D eigenvalue weighted by atomic mass is 16.6. The monoisotopic (exact) mass is 739 g/mol. The number of benzene rings is 2. The lowest BCUT2D eigenvalue weighted by atomic mass is 9.81. The van der Waals surface area contributed by atoms with E-state index in [2.05, 4.69) is 16.0 Å². The maximum absolute atomic E-state index is 13.8. The van der Waals surface area contributed by atoms with Gasteiger partial charge in [0.2, 0.25) is 11.8 Å². The van der Waals surface area contributed by atoms with Gasteiger partial charge in [-0.2, -0.15) is 0 Å². The Balaban J connectivity index is 1.80. The molecular formula is C42H65N3O8. The molecular weight excluding hydrogens is 674 g/mol. The van der Waals surface area contributed by atoms with Gasteiger partial charge in [-0.15, -0.1) is 0 Å². The number of hydrogen-bond donors (Lipinski definition) is 4. The lowest BCUT2D eigenvalue weighted by Gasteiger charge is -2.33. The number of nitrogens with one attached hydrogen (secondary N) is 3. The van der Waals surface area contributed by atoms with E-state index < -0.39 is 29.8 Å². The zero-order valence-electron chi connectivity index (χ0n) is 33.5. The van der Waals surface area contributed by atoms with Crippen molar-refractivity contribution in [2.75, 3.05) is 39.4 Å². The molecule has 3 rings (SSSR count). The number of anilines is 1. The van der Waals surface area contributed by atoms with Gasteiger partial charge in [0, 0.05) is 39.6 Å². The van der Waals surface area contributed by atoms with E-state index in [0.717, 1.165) is 31.2 Å². The second kappa shape index (κ2) is 21.3. The van der Waals surface area contributed by atoms with Gasteiger partial charge in [0.05, 0.1) is 37.1 Å². The molecule has 4 N–H and O–H groups in total. The van der Waals surface area contributed by atoms with Crippen LogP contribution in [-0.4, -0.2) is 74.8 Å². The van der Waals surface area contributed by atoms with Crippen LogP contribution in [0.25, 0.3) is 0 Å². The molecule has 0 unspecified atom stereocenters. The number of aryl methyl sites for hydroxylation is 2. The van der Waals surface area contributed by atoms with Crippen molar-refractivity contribution in [2.45, 2.75) is 117 Å². The quantitative estimate of drug-likeness (QED) is 0.100. The van der Waals surface area contributed by atoms with Gasteiger partial charge in [-0.1, -0.05) is 58.0 Å². The third-order valence-corrected chi connectivity index (χ3v) is 9.82. The topological polar surface area (TPSA) is 144 Å². The number of alkyl carbamates (subject to hydrolysis) is 1. The van der Waals surface area contributed by atoms with Crippen LogP contribution in [0.1, 0.15) is 103 Å². The van der Waals surface area contributed by atoms with Gasteiger partial charge in [0.1, 0.15) is 11.4 Å². The van der Waals surface area contributed by atoms with Crippen molar-refractivity contribution < 1.29 is 38.4 Å². The first-order valence-corrected chi connectivity index (χ1v) is 19.2. The SMILES string of the molecule is COCCCOc1cc2c(cc1NC(=O)C[C@@H](C[C@H](NC(=O)OC(C)(C)C)[C@@H](O)C[C@H](C(=O)N[C@H](COC)c1ccccc1)C(C)C)C(C)C)CCC2. The van der Waals surface area contributed by atoms with Crippen LogP contribution < -0.4 is 20.7 Å². The third-order valence-electron chi connectivity index (χ3n) is 9.82. The molecule has 0 fully saturated rings. The van der Waals surface area contributed by atoms with Crippen LogP contribution in [0.2, 0.25) is 0 Å². The van der Waals surface area contributed by atoms with E-state index in [4.69, 9.17) is 18.9 Å². The highest BCUT2D eigenvalue weighted by Gasteiger charge is 2.34. The van der Waals surface area contributed by atoms with Gasteiger partial charge < -0.3 is 40.0 Å². The number of rotatable bonds is 21. The first-order valence-electron chi connectivity index (χ1n) is 19.2. The molecule has 11 nitrogen and oxygen atoms in total. The van der Waals surface area contributed by atoms with Gasteiger partial charge >= 0.3 is 6.09 Å². The number of fused-ring (bicyclic) bond motifs is 1. The van der Waals surface area contributed by atoms with Crippen molar-refractivity contribution in [2.24, 2.45) is 23.7 Å². The number of aliphatic hydroxyl groups is 1. The number of ether oxygens (including phenoxy) is 4. The van der Waals surface area contributed by atoms with E-state index in [1.54, 1.807) is 35.0 Å². The third kappa shape index (κ3) is 14.6. The van der Waals surface area contributed by atoms with Gasteiger partial charge in [-0.05, 0) is 99.5 Å². The molecule has 0 spiro atoms. The van der Waals surface area contributed by atoms with Crippen LogP contribution in [0.5, 0.6) is 5.75 Å². The standard InChI is InChI=1S/C42H65N3O8/c1-27(2)32(24-39(47)43-35-21-30-17-13-18-31(30)23-38(35)52-20-14-19-50-8)22-34(45-41(49)53-42(5,6)7)37(46)25-33(28(3)4)40(48)44-36(26-51-9)29-15-11-10-12-16-29/h10-12,15-16,21,23,27-28,32-34,36-37,46H,13-14,17-20,22,24-26H2,1-9H3,(H,43,47)(H,44,48)(H,45,49)/t32-,33+,34+,36-,37+/m1/s1. The number of aliphatic hydroxyl groups excluding tert-OH is 1. The first-order chi connectivity index (χ1) is 25.1. The fourth-order valence-corrected chi connectivity index (χ4v) is 6.79. The van der Waals surface area contributed by atoms with E-state index in [1.807, 2.05) is 70.2 Å². The summed E-state index contributed by atoms with van der Waals surface area (Å²) < 4.78 is 22.3. The minimum atomic E-state index is -1.11. The fourth-order valence-electron chi connectivity index (χ4n) is 6.79. The van der Waals surface area contributed by atoms with Crippen molar-refractivity contribution in [3.8, 4) is 5.75 Å². The highest BCUT2D eigenvalue weighted by molar-refractivity contribution is 5.92. The summed E-state index contributed by atoms with van der Waals surface area (Å²) in [5.74, 6) is -0.622. The Kier molecular flexibility index (Phi) is 17.6. The van der Waals surface area contributed by atoms with E-state index in [-0.39, 0.29) is 55.1 Å². The zero-order chi connectivity index (χ0) is 39.1. The molecule has 0 aromatic heterocycles. The molecule has 5 atom stereocenters. The Labute approximate surface area is 317 Å². The van der Waals surface area contributed by atoms with Crippen LogP contribution in [0.15, 0.2) is 42.5 Å². The van der Waals surface area contributed by atoms with E-state index in [1.165, 1.54) is 11.1 Å². The molecule has 3 amide bonds. The number of methoxy groups -OCH3 is 2. The van der Waals surface area contributed by atoms with Crippen molar-refractivity contribution in [3.63, 3.8) is 0 Å². The molecule has 0 aliphatic heterocycles. The molecule has 0 radical (unpaired) electrons. The summed E-state index contributed by atoms with van der Waals surface area (Å²) in [5, 5.41) is 21.0. The zero-order valence-corrected chi connectivity index (χ0v) is 33.5. The largest absolute Gasteiger partial charge is 0.491 e. The van der Waals surface area contributed by atoms with Crippen LogP contribution in [-0.2, 0) is 36.6 Å². The summed E-state index contributed by atoms with van der Waals surface area (Å²) in [5.41, 5.74) is 3.27. The Morgan fingerprint density at radius 1 is 0.868 bits per heavy atom. The maximum Gasteiger partial charge on any atom is 0.407 e. The van der Waals surface area contributed by atoms with Crippen LogP contribution >= 0.6 is 0 Å². The second-order valence-corrected chi connectivity index (χ2v) is 16.0. The van der Waals surface area contributed by atoms with Gasteiger partial charge in [0.25, 0.3) is 0 Å². The minimum absolute atomic E-state index is 0.0329. The number of carbonyl (C=O) groups excluding carboxylic acids is 3. The van der Waals surface area contributed by atoms with Crippen LogP contribution in [0.4, 0.5) is 10.5 Å². The smallest absolute Gasteiger partial charge is 0.407 e. The van der Waals surface area contributed by atoms with Crippen molar-refractivity contribution in [1.82, 2.24) is 10.6 Å². The van der Waals surface area contributed by atoms with Crippen LogP contribution in [0.3, 0.4) is 0 Å². The Morgan fingerprint density at radius 2 is 1.55 bits per heavy atom. The number of hydrogen-bond acceptors (Lipinski definition) is 8. The molecule has 11 heteroatoms. The maximum atomic E-state index is 13.8. The summed E-state index contributed by atoms with van der Waals surface area (Å²) in [7, 11) is 3.25. The first kappa shape index (κ1) is 43.7. The van der Waals surface area contributed by atoms with Crippen molar-refractivity contribution in [3.05, 3.63) is 59.2 Å². The summed E-state index contributed by atoms with van der Waals surface area (Å²) >= 11 is 0. The normalized spacial score (nSPS) is 15.6. The molecule has 1 aliphatic rings. The summed E-state index contributed by atoms with van der Waals surface area (Å²) in [4.78, 5) is 40.7. The molecule has 1 aliphatic carbocycles. The molecule has 0 bridgehead atoms. The van der Waals surface area contributed by atoms with Crippen LogP contribution in [0, 0.1) is 23.7 Å². The highest BCUT2D eigenvalue weighted by Crippen LogP contribution is 2.35. The second-order valence-electron chi connectivity index (χ2n) is 16.0. The molecule has 0 heterocycles. The van der Waals surface area contributed by atoms with E-state index in [9.17, 15) is 19.5 Å². The Morgan fingerprint density at radius 3 is 2.15 bits per heavy atom. The van der Waals surface area contributed by atoms with Gasteiger partial charge in [-0.25, -0.2) is 4.79 Å². The summed E-state index contributed by atoms with van der Waals surface area (Å²) in [6.45, 7) is 14.6.